The van der Waals surface area contributed by atoms with Crippen LogP contribution in [-0.2, 0) is 0 Å². The van der Waals surface area contributed by atoms with Crippen molar-refractivity contribution in [1.82, 2.24) is 0 Å². The molecule has 2 aliphatic carbocycles. The smallest absolute Gasteiger partial charge is 0.149 e. The molecular weight excluding hydrogens is 343 g/mol. The Balaban J connectivity index is 1.48. The Bertz CT molecular complexity index is 605. The van der Waals surface area contributed by atoms with Crippen molar-refractivity contribution in [2.45, 2.75) is 78.1 Å². The summed E-state index contributed by atoms with van der Waals surface area (Å²) in [4.78, 5) is 0. The number of halogens is 2. The Morgan fingerprint density at radius 1 is 1.00 bits per heavy atom. The molecule has 0 bridgehead atoms. The molecule has 0 atom stereocenters. The molecule has 26 heavy (non-hydrogen) atoms. The van der Waals surface area contributed by atoms with Gasteiger partial charge in [0.15, 0.2) is 0 Å². The Morgan fingerprint density at radius 2 is 1.62 bits per heavy atom. The van der Waals surface area contributed by atoms with Crippen LogP contribution in [-0.4, -0.2) is 0 Å². The molecule has 1 aromatic rings. The maximum absolute atomic E-state index is 14.2. The maximum atomic E-state index is 14.2. The fraction of sp³-hybridized carbons (Fsp3) is 0.667. The van der Waals surface area contributed by atoms with E-state index >= 15 is 0 Å². The third kappa shape index (κ3) is 4.91. The van der Waals surface area contributed by atoms with E-state index in [4.69, 9.17) is 11.6 Å². The number of benzene rings is 1. The lowest BCUT2D eigenvalue weighted by molar-refractivity contribution is 0.152. The summed E-state index contributed by atoms with van der Waals surface area (Å²) in [5.74, 6) is 3.24. The van der Waals surface area contributed by atoms with Crippen LogP contribution in [0.5, 0.6) is 0 Å². The van der Waals surface area contributed by atoms with Crippen LogP contribution >= 0.6 is 11.6 Å². The minimum absolute atomic E-state index is 0.259. The van der Waals surface area contributed by atoms with E-state index in [9.17, 15) is 4.39 Å². The van der Waals surface area contributed by atoms with Crippen molar-refractivity contribution < 1.29 is 4.39 Å². The zero-order valence-corrected chi connectivity index (χ0v) is 17.2. The van der Waals surface area contributed by atoms with E-state index < -0.39 is 0 Å². The van der Waals surface area contributed by atoms with E-state index in [1.54, 1.807) is 0 Å². The summed E-state index contributed by atoms with van der Waals surface area (Å²) >= 11 is 6.03. The highest BCUT2D eigenvalue weighted by atomic mass is 35.5. The lowest BCUT2D eigenvalue weighted by Gasteiger charge is -2.37. The van der Waals surface area contributed by atoms with E-state index in [0.717, 1.165) is 23.3 Å². The molecule has 0 saturated heterocycles. The average Bonchev–Trinajstić information content (AvgIpc) is 2.67. The van der Waals surface area contributed by atoms with E-state index in [1.165, 1.54) is 64.2 Å². The summed E-state index contributed by atoms with van der Waals surface area (Å²) in [6, 6.07) is 3.74. The summed E-state index contributed by atoms with van der Waals surface area (Å²) in [5.41, 5.74) is 1.42. The first-order valence-corrected chi connectivity index (χ1v) is 11.1. The molecule has 2 aliphatic rings. The molecule has 0 spiro atoms. The minimum atomic E-state index is -0.277. The molecule has 0 aromatic heterocycles. The molecule has 0 N–H and O–H groups in total. The van der Waals surface area contributed by atoms with Gasteiger partial charge in [0.1, 0.15) is 5.82 Å². The van der Waals surface area contributed by atoms with Crippen molar-refractivity contribution in [2.75, 3.05) is 0 Å². The third-order valence-electron chi connectivity index (χ3n) is 6.92. The minimum Gasteiger partial charge on any atom is -0.205 e. The molecule has 3 rings (SSSR count). The lowest BCUT2D eigenvalue weighted by Crippen LogP contribution is -2.25. The summed E-state index contributed by atoms with van der Waals surface area (Å²) in [7, 11) is 0. The molecule has 2 fully saturated rings. The Labute approximate surface area is 164 Å². The largest absolute Gasteiger partial charge is 0.205 e. The van der Waals surface area contributed by atoms with Gasteiger partial charge < -0.3 is 0 Å². The molecule has 0 unspecified atom stereocenters. The van der Waals surface area contributed by atoms with Gasteiger partial charge in [0.2, 0.25) is 0 Å². The van der Waals surface area contributed by atoms with Gasteiger partial charge in [-0.3, -0.25) is 0 Å². The second kappa shape index (κ2) is 9.40. The van der Waals surface area contributed by atoms with Crippen LogP contribution in [0.2, 0.25) is 5.02 Å². The van der Waals surface area contributed by atoms with Gasteiger partial charge in [-0.05, 0) is 74.7 Å². The van der Waals surface area contributed by atoms with Crippen LogP contribution in [0.3, 0.4) is 0 Å². The van der Waals surface area contributed by atoms with Crippen molar-refractivity contribution in [3.8, 4) is 0 Å². The number of hydrogen-bond donors (Lipinski definition) is 0. The van der Waals surface area contributed by atoms with E-state index in [1.807, 2.05) is 25.1 Å². The normalized spacial score (nSPS) is 30.0. The van der Waals surface area contributed by atoms with E-state index in [2.05, 4.69) is 13.0 Å². The molecule has 0 aliphatic heterocycles. The van der Waals surface area contributed by atoms with Crippen LogP contribution < -0.4 is 0 Å². The quantitative estimate of drug-likeness (QED) is 0.485. The van der Waals surface area contributed by atoms with E-state index in [-0.39, 0.29) is 10.8 Å². The molecule has 0 amide bonds. The number of hydrogen-bond acceptors (Lipinski definition) is 0. The third-order valence-corrected chi connectivity index (χ3v) is 7.39. The highest BCUT2D eigenvalue weighted by molar-refractivity contribution is 6.31. The number of rotatable bonds is 5. The van der Waals surface area contributed by atoms with E-state index in [0.29, 0.717) is 11.5 Å². The van der Waals surface area contributed by atoms with Gasteiger partial charge in [-0.25, -0.2) is 4.39 Å². The van der Waals surface area contributed by atoms with Crippen LogP contribution in [0.25, 0.3) is 6.08 Å². The van der Waals surface area contributed by atoms with Gasteiger partial charge in [0.25, 0.3) is 0 Å². The van der Waals surface area contributed by atoms with Gasteiger partial charge in [-0.1, -0.05) is 68.5 Å². The second-order valence-electron chi connectivity index (χ2n) is 8.70. The summed E-state index contributed by atoms with van der Waals surface area (Å²) in [6.45, 7) is 4.16. The first-order valence-electron chi connectivity index (χ1n) is 10.7. The Hall–Kier alpha value is -0.820. The van der Waals surface area contributed by atoms with Gasteiger partial charge >= 0.3 is 0 Å². The van der Waals surface area contributed by atoms with Crippen molar-refractivity contribution in [2.24, 2.45) is 23.7 Å². The van der Waals surface area contributed by atoms with Gasteiger partial charge in [0, 0.05) is 5.56 Å². The Morgan fingerprint density at radius 3 is 2.23 bits per heavy atom. The molecular formula is C24H34ClF. The van der Waals surface area contributed by atoms with Crippen LogP contribution in [0.1, 0.15) is 82.3 Å². The monoisotopic (exact) mass is 376 g/mol. The molecule has 0 heterocycles. The van der Waals surface area contributed by atoms with Crippen LogP contribution in [0, 0.1) is 36.4 Å². The molecule has 0 radical (unpaired) electrons. The molecule has 0 nitrogen and oxygen atoms in total. The number of allylic oxidation sites excluding steroid dienone is 1. The SMILES string of the molecule is CCCC1CCC(C2CCC(/C=C/c3ccc(C)c(Cl)c3F)CC2)CC1. The van der Waals surface area contributed by atoms with Crippen molar-refractivity contribution in [1.29, 1.82) is 0 Å². The first-order chi connectivity index (χ1) is 12.6. The topological polar surface area (TPSA) is 0 Å². The van der Waals surface area contributed by atoms with Gasteiger partial charge in [-0.2, -0.15) is 0 Å². The van der Waals surface area contributed by atoms with Crippen molar-refractivity contribution in [3.63, 3.8) is 0 Å². The van der Waals surface area contributed by atoms with Gasteiger partial charge in [-0.15, -0.1) is 0 Å². The van der Waals surface area contributed by atoms with Crippen molar-refractivity contribution in [3.05, 3.63) is 40.2 Å². The maximum Gasteiger partial charge on any atom is 0.149 e. The van der Waals surface area contributed by atoms with Crippen LogP contribution in [0.4, 0.5) is 4.39 Å². The van der Waals surface area contributed by atoms with Crippen LogP contribution in [0.15, 0.2) is 18.2 Å². The standard InChI is InChI=1S/C24H34ClF/c1-3-4-18-6-12-20(13-7-18)21-14-8-19(9-15-21)10-16-22-11-5-17(2)23(25)24(22)26/h5,10-11,16,18-21H,3-4,6-9,12-15H2,1-2H3/b16-10+. The molecule has 2 saturated carbocycles. The predicted octanol–water partition coefficient (Wildman–Crippen LogP) is 8.21. The average molecular weight is 377 g/mol. The summed E-state index contributed by atoms with van der Waals surface area (Å²) in [5, 5.41) is 0.259. The predicted molar refractivity (Wildman–Crippen MR) is 111 cm³/mol. The highest BCUT2D eigenvalue weighted by Gasteiger charge is 2.30. The lowest BCUT2D eigenvalue weighted by atomic mass is 9.68. The second-order valence-corrected chi connectivity index (χ2v) is 9.08. The number of aryl methyl sites for hydroxylation is 1. The fourth-order valence-corrected chi connectivity index (χ4v) is 5.37. The summed E-state index contributed by atoms with van der Waals surface area (Å²) in [6.07, 6.45) is 18.0. The zero-order chi connectivity index (χ0) is 18.5. The summed E-state index contributed by atoms with van der Waals surface area (Å²) < 4.78 is 14.2. The Kier molecular flexibility index (Phi) is 7.20. The molecule has 1 aromatic carbocycles. The zero-order valence-electron chi connectivity index (χ0n) is 16.4. The molecule has 144 valence electrons. The highest BCUT2D eigenvalue weighted by Crippen LogP contribution is 2.42. The molecule has 2 heteroatoms. The van der Waals surface area contributed by atoms with Gasteiger partial charge in [0.05, 0.1) is 5.02 Å². The van der Waals surface area contributed by atoms with Crippen molar-refractivity contribution >= 4 is 17.7 Å². The first kappa shape index (κ1) is 19.9. The fourth-order valence-electron chi connectivity index (χ4n) is 5.19.